The molecule has 0 rings (SSSR count). The van der Waals surface area contributed by atoms with Gasteiger partial charge in [0.1, 0.15) is 0 Å². The molecule has 0 aliphatic rings. The first-order valence-corrected chi connectivity index (χ1v) is 12.1. The van der Waals surface area contributed by atoms with E-state index in [1.807, 2.05) is 0 Å². The average Bonchev–Trinajstić information content (AvgIpc) is 2.62. The van der Waals surface area contributed by atoms with Crippen molar-refractivity contribution in [3.8, 4) is 0 Å². The van der Waals surface area contributed by atoms with Crippen molar-refractivity contribution in [1.29, 1.82) is 0 Å². The lowest BCUT2D eigenvalue weighted by molar-refractivity contribution is 0.382. The smallest absolute Gasteiger partial charge is 0.0414 e. The summed E-state index contributed by atoms with van der Waals surface area (Å²) in [5.74, 6) is 0.974. The molecule has 0 aromatic heterocycles. The first kappa shape index (κ1) is 25.0. The van der Waals surface area contributed by atoms with Gasteiger partial charge in [0, 0.05) is 0 Å². The molecule has 0 aromatic carbocycles. The van der Waals surface area contributed by atoms with Gasteiger partial charge in [-0.05, 0) is 5.92 Å². The van der Waals surface area contributed by atoms with E-state index in [4.69, 9.17) is 0 Å². The lowest BCUT2D eigenvalue weighted by Gasteiger charge is -2.16. The Hall–Kier alpha value is 0. The molecule has 0 nitrogen and oxygen atoms in total. The number of unbranched alkanes of at least 4 members (excludes halogenated alkanes) is 15. The Morgan fingerprint density at radius 3 is 1.08 bits per heavy atom. The summed E-state index contributed by atoms with van der Waals surface area (Å²) >= 11 is 0. The molecule has 0 N–H and O–H groups in total. The zero-order chi connectivity index (χ0) is 18.4. The number of hydrogen-bond donors (Lipinski definition) is 0. The lowest BCUT2D eigenvalue weighted by atomic mass is 9.90. The van der Waals surface area contributed by atoms with Gasteiger partial charge in [0.05, 0.1) is 0 Å². The fourth-order valence-corrected chi connectivity index (χ4v) is 4.03. The first-order chi connectivity index (χ1) is 12.3. The first-order valence-electron chi connectivity index (χ1n) is 12.1. The molecule has 1 radical (unpaired) electrons. The Balaban J connectivity index is 3.41. The van der Waals surface area contributed by atoms with Crippen LogP contribution in [0.25, 0.3) is 0 Å². The van der Waals surface area contributed by atoms with E-state index in [-0.39, 0.29) is 0 Å². The van der Waals surface area contributed by atoms with E-state index >= 15 is 0 Å². The molecule has 0 fully saturated rings. The Bertz CT molecular complexity index is 220. The van der Waals surface area contributed by atoms with Crippen LogP contribution >= 0.6 is 0 Å². The number of hydrogen-bond acceptors (Lipinski definition) is 0. The van der Waals surface area contributed by atoms with E-state index < -0.39 is 0 Å². The minimum atomic E-state index is 0.974. The molecule has 0 amide bonds. The zero-order valence-electron chi connectivity index (χ0n) is 18.1. The topological polar surface area (TPSA) is 0 Å². The number of rotatable bonds is 21. The van der Waals surface area contributed by atoms with Crippen LogP contribution in [0.2, 0.25) is 0 Å². The molecule has 0 saturated carbocycles. The van der Waals surface area contributed by atoms with Crippen LogP contribution in [0.1, 0.15) is 149 Å². The highest BCUT2D eigenvalue weighted by Gasteiger charge is 2.07. The van der Waals surface area contributed by atoms with Crippen LogP contribution in [-0.4, -0.2) is 0 Å². The van der Waals surface area contributed by atoms with Crippen molar-refractivity contribution in [3.05, 3.63) is 6.92 Å². The van der Waals surface area contributed by atoms with Crippen LogP contribution in [0.15, 0.2) is 0 Å². The summed E-state index contributed by atoms with van der Waals surface area (Å²) in [6.07, 6.45) is 30.2. The Kier molecular flexibility index (Phi) is 22.0. The summed E-state index contributed by atoms with van der Waals surface area (Å²) in [6.45, 7) is 8.71. The molecule has 25 heavy (non-hydrogen) atoms. The summed E-state index contributed by atoms with van der Waals surface area (Å²) in [7, 11) is 0. The summed E-state index contributed by atoms with van der Waals surface area (Å²) < 4.78 is 0. The Morgan fingerprint density at radius 2 is 0.760 bits per heavy atom. The van der Waals surface area contributed by atoms with Crippen LogP contribution in [0, 0.1) is 12.8 Å². The molecule has 0 heteroatoms. The van der Waals surface area contributed by atoms with Crippen molar-refractivity contribution >= 4 is 0 Å². The SMILES string of the molecule is [CH2]CCC(CCCCCCCCC)CCCCCCCCCCCC. The Morgan fingerprint density at radius 1 is 0.440 bits per heavy atom. The Labute approximate surface area is 161 Å². The molecular formula is C25H51. The van der Waals surface area contributed by atoms with Gasteiger partial charge in [0.2, 0.25) is 0 Å². The predicted octanol–water partition coefficient (Wildman–Crippen LogP) is 9.67. The molecule has 1 unspecified atom stereocenters. The average molecular weight is 352 g/mol. The van der Waals surface area contributed by atoms with Crippen LogP contribution in [-0.2, 0) is 0 Å². The van der Waals surface area contributed by atoms with E-state index in [1.54, 1.807) is 0 Å². The minimum absolute atomic E-state index is 0.974. The van der Waals surface area contributed by atoms with E-state index in [0.29, 0.717) is 0 Å². The molecular weight excluding hydrogens is 300 g/mol. The maximum absolute atomic E-state index is 4.10. The van der Waals surface area contributed by atoms with Gasteiger partial charge in [-0.25, -0.2) is 0 Å². The normalized spacial score (nSPS) is 12.6. The fourth-order valence-electron chi connectivity index (χ4n) is 4.03. The molecule has 1 atom stereocenters. The van der Waals surface area contributed by atoms with Crippen molar-refractivity contribution < 1.29 is 0 Å². The molecule has 151 valence electrons. The second-order valence-corrected chi connectivity index (χ2v) is 8.39. The van der Waals surface area contributed by atoms with E-state index in [9.17, 15) is 0 Å². The van der Waals surface area contributed by atoms with Gasteiger partial charge >= 0.3 is 0 Å². The van der Waals surface area contributed by atoms with Crippen LogP contribution < -0.4 is 0 Å². The second kappa shape index (κ2) is 22.0. The maximum atomic E-state index is 4.10. The van der Waals surface area contributed by atoms with Gasteiger partial charge in [-0.1, -0.05) is 156 Å². The largest absolute Gasteiger partial charge is 0.0654 e. The van der Waals surface area contributed by atoms with E-state index in [1.165, 1.54) is 128 Å². The predicted molar refractivity (Wildman–Crippen MR) is 117 cm³/mol. The summed E-state index contributed by atoms with van der Waals surface area (Å²) in [5.41, 5.74) is 0. The maximum Gasteiger partial charge on any atom is -0.0414 e. The monoisotopic (exact) mass is 351 g/mol. The minimum Gasteiger partial charge on any atom is -0.0654 e. The van der Waals surface area contributed by atoms with Gasteiger partial charge in [-0.2, -0.15) is 0 Å². The van der Waals surface area contributed by atoms with Gasteiger partial charge in [-0.3, -0.25) is 0 Å². The van der Waals surface area contributed by atoms with Crippen LogP contribution in [0.3, 0.4) is 0 Å². The van der Waals surface area contributed by atoms with E-state index in [2.05, 4.69) is 20.8 Å². The summed E-state index contributed by atoms with van der Waals surface area (Å²) in [5, 5.41) is 0. The van der Waals surface area contributed by atoms with Crippen molar-refractivity contribution in [3.63, 3.8) is 0 Å². The van der Waals surface area contributed by atoms with Gasteiger partial charge < -0.3 is 0 Å². The zero-order valence-corrected chi connectivity index (χ0v) is 18.1. The van der Waals surface area contributed by atoms with E-state index in [0.717, 1.165) is 12.3 Å². The molecule has 0 aromatic rings. The van der Waals surface area contributed by atoms with Gasteiger partial charge in [-0.15, -0.1) is 0 Å². The molecule has 0 aliphatic heterocycles. The highest BCUT2D eigenvalue weighted by atomic mass is 14.1. The molecule has 0 bridgehead atoms. The fraction of sp³-hybridized carbons (Fsp3) is 0.960. The van der Waals surface area contributed by atoms with Crippen LogP contribution in [0.4, 0.5) is 0 Å². The second-order valence-electron chi connectivity index (χ2n) is 8.39. The third kappa shape index (κ3) is 20.2. The summed E-state index contributed by atoms with van der Waals surface area (Å²) in [6, 6.07) is 0. The lowest BCUT2D eigenvalue weighted by Crippen LogP contribution is -2.00. The molecule has 0 heterocycles. The van der Waals surface area contributed by atoms with Crippen molar-refractivity contribution in [1.82, 2.24) is 0 Å². The quantitative estimate of drug-likeness (QED) is 0.180. The highest BCUT2D eigenvalue weighted by Crippen LogP contribution is 2.23. The van der Waals surface area contributed by atoms with Crippen LogP contribution in [0.5, 0.6) is 0 Å². The van der Waals surface area contributed by atoms with Gasteiger partial charge in [0.25, 0.3) is 0 Å². The standard InChI is InChI=1S/C25H51/c1-4-7-9-11-13-14-15-17-19-21-24-25(22-6-3)23-20-18-16-12-10-8-5-2/h25H,3-24H2,1-2H3. The molecule has 0 aliphatic carbocycles. The van der Waals surface area contributed by atoms with Crippen molar-refractivity contribution in [2.45, 2.75) is 149 Å². The molecule has 0 spiro atoms. The van der Waals surface area contributed by atoms with Gasteiger partial charge in [0.15, 0.2) is 0 Å². The summed E-state index contributed by atoms with van der Waals surface area (Å²) in [4.78, 5) is 0. The molecule has 0 saturated heterocycles. The van der Waals surface area contributed by atoms with Crippen molar-refractivity contribution in [2.24, 2.45) is 5.92 Å². The van der Waals surface area contributed by atoms with Crippen molar-refractivity contribution in [2.75, 3.05) is 0 Å². The highest BCUT2D eigenvalue weighted by molar-refractivity contribution is 4.62. The third-order valence-corrected chi connectivity index (χ3v) is 5.79. The third-order valence-electron chi connectivity index (χ3n) is 5.79.